The van der Waals surface area contributed by atoms with Crippen LogP contribution in [-0.4, -0.2) is 20.4 Å². The van der Waals surface area contributed by atoms with E-state index < -0.39 is 0 Å². The molecule has 0 aliphatic carbocycles. The van der Waals surface area contributed by atoms with Gasteiger partial charge in [0.15, 0.2) is 5.13 Å². The molecule has 1 amide bonds. The molecule has 0 bridgehead atoms. The molecule has 0 saturated heterocycles. The number of nitrogens with one attached hydrogen (secondary N) is 1. The highest BCUT2D eigenvalue weighted by molar-refractivity contribution is 7.15. The van der Waals surface area contributed by atoms with E-state index in [2.05, 4.69) is 15.3 Å². The maximum absolute atomic E-state index is 14.0. The van der Waals surface area contributed by atoms with Gasteiger partial charge in [0.1, 0.15) is 17.3 Å². The van der Waals surface area contributed by atoms with Crippen molar-refractivity contribution >= 4 is 34.0 Å². The van der Waals surface area contributed by atoms with E-state index in [1.54, 1.807) is 23.7 Å². The SMILES string of the molecule is Cc1nc(NC(=O)c2cnc(C)n2C)sc1Cc1ccc(Cl)cc1F. The average molecular weight is 379 g/mol. The van der Waals surface area contributed by atoms with Crippen LogP contribution >= 0.6 is 22.9 Å². The fourth-order valence-electron chi connectivity index (χ4n) is 2.36. The number of amides is 1. The molecule has 0 aliphatic rings. The summed E-state index contributed by atoms with van der Waals surface area (Å²) < 4.78 is 15.7. The lowest BCUT2D eigenvalue weighted by atomic mass is 10.1. The van der Waals surface area contributed by atoms with E-state index in [1.807, 2.05) is 13.8 Å². The smallest absolute Gasteiger partial charge is 0.275 e. The van der Waals surface area contributed by atoms with E-state index >= 15 is 0 Å². The van der Waals surface area contributed by atoms with Crippen LogP contribution in [0.3, 0.4) is 0 Å². The third-order valence-corrected chi connectivity index (χ3v) is 5.24. The van der Waals surface area contributed by atoms with Gasteiger partial charge in [-0.2, -0.15) is 0 Å². The van der Waals surface area contributed by atoms with Crippen LogP contribution in [0.15, 0.2) is 24.4 Å². The third-order valence-electron chi connectivity index (χ3n) is 3.93. The summed E-state index contributed by atoms with van der Waals surface area (Å²) in [6, 6.07) is 4.61. The molecule has 0 saturated carbocycles. The van der Waals surface area contributed by atoms with Gasteiger partial charge in [-0.1, -0.05) is 17.7 Å². The maximum atomic E-state index is 14.0. The van der Waals surface area contributed by atoms with Gasteiger partial charge in [0.05, 0.1) is 11.9 Å². The Balaban J connectivity index is 1.78. The number of hydrogen-bond acceptors (Lipinski definition) is 4. The van der Waals surface area contributed by atoms with Crippen molar-refractivity contribution in [3.8, 4) is 0 Å². The Morgan fingerprint density at radius 3 is 2.80 bits per heavy atom. The molecule has 0 atom stereocenters. The van der Waals surface area contributed by atoms with Gasteiger partial charge in [-0.05, 0) is 31.5 Å². The lowest BCUT2D eigenvalue weighted by molar-refractivity contribution is 0.101. The molecule has 2 heterocycles. The highest BCUT2D eigenvalue weighted by Gasteiger charge is 2.16. The van der Waals surface area contributed by atoms with Gasteiger partial charge < -0.3 is 4.57 Å². The average Bonchev–Trinajstić information content (AvgIpc) is 3.05. The minimum Gasteiger partial charge on any atom is -0.327 e. The second-order valence-electron chi connectivity index (χ2n) is 5.64. The minimum atomic E-state index is -0.351. The molecule has 25 heavy (non-hydrogen) atoms. The molecule has 0 spiro atoms. The first-order valence-electron chi connectivity index (χ1n) is 7.55. The number of hydrogen-bond donors (Lipinski definition) is 1. The molecule has 3 rings (SSSR count). The first kappa shape index (κ1) is 17.6. The largest absolute Gasteiger partial charge is 0.327 e. The molecule has 0 aliphatic heterocycles. The van der Waals surface area contributed by atoms with Crippen molar-refractivity contribution in [1.29, 1.82) is 0 Å². The van der Waals surface area contributed by atoms with Crippen LogP contribution in [0.25, 0.3) is 0 Å². The fraction of sp³-hybridized carbons (Fsp3) is 0.235. The number of aromatic nitrogens is 3. The molecule has 1 aromatic carbocycles. The van der Waals surface area contributed by atoms with E-state index in [0.717, 1.165) is 16.4 Å². The van der Waals surface area contributed by atoms with Crippen molar-refractivity contribution in [1.82, 2.24) is 14.5 Å². The highest BCUT2D eigenvalue weighted by Crippen LogP contribution is 2.27. The molecule has 2 aromatic heterocycles. The van der Waals surface area contributed by atoms with Crippen molar-refractivity contribution in [2.45, 2.75) is 20.3 Å². The first-order chi connectivity index (χ1) is 11.8. The molecule has 3 aromatic rings. The summed E-state index contributed by atoms with van der Waals surface area (Å²) in [5.41, 5.74) is 1.75. The predicted octanol–water partition coefficient (Wildman–Crippen LogP) is 4.13. The minimum absolute atomic E-state index is 0.277. The Labute approximate surface area is 153 Å². The van der Waals surface area contributed by atoms with Crippen LogP contribution < -0.4 is 5.32 Å². The van der Waals surface area contributed by atoms with Crippen molar-refractivity contribution in [2.24, 2.45) is 7.05 Å². The lowest BCUT2D eigenvalue weighted by Gasteiger charge is -2.03. The monoisotopic (exact) mass is 378 g/mol. The molecule has 0 radical (unpaired) electrons. The number of rotatable bonds is 4. The van der Waals surface area contributed by atoms with Crippen molar-refractivity contribution in [3.63, 3.8) is 0 Å². The number of carbonyl (C=O) groups excluding carboxylic acids is 1. The predicted molar refractivity (Wildman–Crippen MR) is 97.0 cm³/mol. The van der Waals surface area contributed by atoms with Gasteiger partial charge in [-0.3, -0.25) is 10.1 Å². The van der Waals surface area contributed by atoms with Crippen LogP contribution in [-0.2, 0) is 13.5 Å². The van der Waals surface area contributed by atoms with E-state index in [-0.39, 0.29) is 11.7 Å². The van der Waals surface area contributed by atoms with E-state index in [0.29, 0.717) is 27.8 Å². The third kappa shape index (κ3) is 3.72. The Hall–Kier alpha value is -2.25. The number of aryl methyl sites for hydroxylation is 2. The summed E-state index contributed by atoms with van der Waals surface area (Å²) in [5, 5.41) is 3.62. The molecule has 0 fully saturated rings. The number of benzene rings is 1. The standard InChI is InChI=1S/C17H16ClFN4OS/c1-9-15(6-11-4-5-12(18)7-13(11)19)25-17(21-9)22-16(24)14-8-20-10(2)23(14)3/h4-5,7-8H,6H2,1-3H3,(H,21,22,24). The van der Waals surface area contributed by atoms with E-state index in [1.165, 1.54) is 23.6 Å². The molecule has 1 N–H and O–H groups in total. The summed E-state index contributed by atoms with van der Waals surface area (Å²) in [6.45, 7) is 3.66. The topological polar surface area (TPSA) is 59.8 Å². The summed E-state index contributed by atoms with van der Waals surface area (Å²) in [5.74, 6) is 0.122. The number of halogens is 2. The van der Waals surface area contributed by atoms with Crippen molar-refractivity contribution in [2.75, 3.05) is 5.32 Å². The summed E-state index contributed by atoms with van der Waals surface area (Å²) in [6.07, 6.45) is 1.92. The summed E-state index contributed by atoms with van der Waals surface area (Å²) in [7, 11) is 1.78. The van der Waals surface area contributed by atoms with Gasteiger partial charge >= 0.3 is 0 Å². The number of carbonyl (C=O) groups is 1. The number of nitrogens with zero attached hydrogens (tertiary/aromatic N) is 3. The quantitative estimate of drug-likeness (QED) is 0.742. The number of thiazole rings is 1. The normalized spacial score (nSPS) is 10.9. The maximum Gasteiger partial charge on any atom is 0.275 e. The molecule has 5 nitrogen and oxygen atoms in total. The van der Waals surface area contributed by atoms with Gasteiger partial charge in [-0.25, -0.2) is 14.4 Å². The zero-order chi connectivity index (χ0) is 18.1. The van der Waals surface area contributed by atoms with Crippen molar-refractivity contribution in [3.05, 3.63) is 62.9 Å². The van der Waals surface area contributed by atoms with Crippen LogP contribution in [0, 0.1) is 19.7 Å². The van der Waals surface area contributed by atoms with Crippen LogP contribution in [0.2, 0.25) is 5.02 Å². The van der Waals surface area contributed by atoms with Crippen LogP contribution in [0.4, 0.5) is 9.52 Å². The first-order valence-corrected chi connectivity index (χ1v) is 8.74. The Morgan fingerprint density at radius 2 is 2.16 bits per heavy atom. The molecule has 130 valence electrons. The summed E-state index contributed by atoms with van der Waals surface area (Å²) in [4.78, 5) is 21.7. The lowest BCUT2D eigenvalue weighted by Crippen LogP contribution is -2.15. The Bertz CT molecular complexity index is 950. The number of imidazole rings is 1. The van der Waals surface area contributed by atoms with E-state index in [4.69, 9.17) is 11.6 Å². The van der Waals surface area contributed by atoms with Crippen molar-refractivity contribution < 1.29 is 9.18 Å². The highest BCUT2D eigenvalue weighted by atomic mass is 35.5. The van der Waals surface area contributed by atoms with Gasteiger partial charge in [0, 0.05) is 23.4 Å². The molecular formula is C17H16ClFN4OS. The Morgan fingerprint density at radius 1 is 1.40 bits per heavy atom. The second kappa shape index (κ2) is 6.93. The fourth-order valence-corrected chi connectivity index (χ4v) is 3.50. The van der Waals surface area contributed by atoms with Crippen LogP contribution in [0.1, 0.15) is 32.4 Å². The molecule has 8 heteroatoms. The van der Waals surface area contributed by atoms with Gasteiger partial charge in [0.2, 0.25) is 0 Å². The zero-order valence-corrected chi connectivity index (χ0v) is 15.5. The number of anilines is 1. The molecule has 0 unspecified atom stereocenters. The summed E-state index contributed by atoms with van der Waals surface area (Å²) >= 11 is 7.11. The molecular weight excluding hydrogens is 363 g/mol. The van der Waals surface area contributed by atoms with Crippen LogP contribution in [0.5, 0.6) is 0 Å². The van der Waals surface area contributed by atoms with E-state index in [9.17, 15) is 9.18 Å². The Kier molecular flexibility index (Phi) is 4.87. The zero-order valence-electron chi connectivity index (χ0n) is 13.9. The second-order valence-corrected chi connectivity index (χ2v) is 7.16. The van der Waals surface area contributed by atoms with Gasteiger partial charge in [0.25, 0.3) is 5.91 Å². The van der Waals surface area contributed by atoms with Gasteiger partial charge in [-0.15, -0.1) is 11.3 Å².